The second-order valence-electron chi connectivity index (χ2n) is 7.47. The Morgan fingerprint density at radius 1 is 0.963 bits per heavy atom. The molecule has 0 amide bonds. The first kappa shape index (κ1) is 18.1. The number of fused-ring (bicyclic) bond motifs is 1. The van der Waals surface area contributed by atoms with Gasteiger partial charge in [-0.3, -0.25) is 4.79 Å². The lowest BCUT2D eigenvalue weighted by atomic mass is 9.77. The number of ether oxygens (including phenoxy) is 1. The molecule has 1 fully saturated rings. The predicted octanol–water partition coefficient (Wildman–Crippen LogP) is 4.68. The monoisotopic (exact) mass is 361 g/mol. The minimum Gasteiger partial charge on any atom is -0.360 e. The zero-order chi connectivity index (χ0) is 18.5. The molecule has 3 heteroatoms. The van der Waals surface area contributed by atoms with Gasteiger partial charge >= 0.3 is 0 Å². The van der Waals surface area contributed by atoms with Crippen molar-refractivity contribution in [1.82, 2.24) is 4.90 Å². The third-order valence-electron chi connectivity index (χ3n) is 5.71. The highest BCUT2D eigenvalue weighted by Crippen LogP contribution is 2.39. The molecule has 1 atom stereocenters. The Balaban J connectivity index is 1.62. The minimum absolute atomic E-state index is 0.0542. The van der Waals surface area contributed by atoms with Crippen LogP contribution < -0.4 is 0 Å². The average Bonchev–Trinajstić information content (AvgIpc) is 2.75. The number of nitrogens with zero attached hydrogens (tertiary/aromatic N) is 1. The van der Waals surface area contributed by atoms with E-state index >= 15 is 0 Å². The van der Waals surface area contributed by atoms with Gasteiger partial charge in [0.05, 0.1) is 6.61 Å². The largest absolute Gasteiger partial charge is 0.360 e. The van der Waals surface area contributed by atoms with E-state index in [1.807, 2.05) is 48.5 Å². The summed E-state index contributed by atoms with van der Waals surface area (Å²) in [7, 11) is 0. The summed E-state index contributed by atoms with van der Waals surface area (Å²) in [6, 6.07) is 17.7. The first-order valence-electron chi connectivity index (χ1n) is 10.0. The maximum Gasteiger partial charge on any atom is 0.199 e. The number of piperidine rings is 1. The first-order valence-corrected chi connectivity index (χ1v) is 10.0. The summed E-state index contributed by atoms with van der Waals surface area (Å²) in [4.78, 5) is 16.0. The van der Waals surface area contributed by atoms with Crippen LogP contribution in [-0.2, 0) is 10.3 Å². The van der Waals surface area contributed by atoms with E-state index in [-0.39, 0.29) is 5.78 Å². The summed E-state index contributed by atoms with van der Waals surface area (Å²) in [5, 5.41) is 0. The molecule has 1 aliphatic carbocycles. The van der Waals surface area contributed by atoms with E-state index in [0.29, 0.717) is 18.6 Å². The van der Waals surface area contributed by atoms with Crippen LogP contribution in [0.5, 0.6) is 0 Å². The fourth-order valence-electron chi connectivity index (χ4n) is 4.24. The van der Waals surface area contributed by atoms with E-state index in [2.05, 4.69) is 23.1 Å². The quantitative estimate of drug-likeness (QED) is 0.700. The van der Waals surface area contributed by atoms with Crippen LogP contribution in [0.1, 0.15) is 47.2 Å². The van der Waals surface area contributed by atoms with Gasteiger partial charge in [0.15, 0.2) is 11.4 Å². The molecule has 0 bridgehead atoms. The van der Waals surface area contributed by atoms with Crippen LogP contribution in [0.2, 0.25) is 0 Å². The van der Waals surface area contributed by atoms with Gasteiger partial charge in [0.1, 0.15) is 0 Å². The zero-order valence-electron chi connectivity index (χ0n) is 15.8. The summed E-state index contributed by atoms with van der Waals surface area (Å²) in [6.45, 7) is 3.73. The molecule has 0 spiro atoms. The van der Waals surface area contributed by atoms with Crippen molar-refractivity contribution >= 4 is 11.9 Å². The van der Waals surface area contributed by atoms with Crippen LogP contribution in [0.4, 0.5) is 0 Å². The van der Waals surface area contributed by atoms with Crippen LogP contribution in [-0.4, -0.2) is 36.9 Å². The number of hydrogen-bond donors (Lipinski definition) is 0. The van der Waals surface area contributed by atoms with Gasteiger partial charge in [-0.1, -0.05) is 73.2 Å². The lowest BCUT2D eigenvalue weighted by molar-refractivity contribution is -0.0367. The number of carbonyl (C=O) groups is 1. The number of carbonyl (C=O) groups excluding carboxylic acids is 1. The van der Waals surface area contributed by atoms with E-state index in [4.69, 9.17) is 4.74 Å². The van der Waals surface area contributed by atoms with Gasteiger partial charge in [0.25, 0.3) is 0 Å². The third-order valence-corrected chi connectivity index (χ3v) is 5.71. The standard InChI is InChI=1S/C24H27NO2/c26-23(21-11-3-1-4-12-21)24(27-19-18-25-16-7-2-8-17-25)15-9-13-20-10-5-6-14-22(20)24/h1,3-6,9-14H,2,7-8,15-19H2. The van der Waals surface area contributed by atoms with Gasteiger partial charge in [-0.2, -0.15) is 0 Å². The molecule has 140 valence electrons. The molecule has 2 aliphatic rings. The van der Waals surface area contributed by atoms with E-state index in [9.17, 15) is 4.79 Å². The number of ketones is 1. The second kappa shape index (κ2) is 8.20. The molecule has 1 saturated heterocycles. The Hall–Kier alpha value is -2.23. The molecular weight excluding hydrogens is 334 g/mol. The number of benzene rings is 2. The lowest BCUT2D eigenvalue weighted by Gasteiger charge is -2.36. The van der Waals surface area contributed by atoms with E-state index < -0.39 is 5.60 Å². The Labute approximate surface area is 161 Å². The fourth-order valence-corrected chi connectivity index (χ4v) is 4.24. The van der Waals surface area contributed by atoms with Crippen molar-refractivity contribution in [3.8, 4) is 0 Å². The maximum atomic E-state index is 13.6. The maximum absolute atomic E-state index is 13.6. The van der Waals surface area contributed by atoms with Gasteiger partial charge in [0.2, 0.25) is 0 Å². The summed E-state index contributed by atoms with van der Waals surface area (Å²) >= 11 is 0. The van der Waals surface area contributed by atoms with E-state index in [1.165, 1.54) is 19.3 Å². The van der Waals surface area contributed by atoms with Gasteiger partial charge in [-0.15, -0.1) is 0 Å². The summed E-state index contributed by atoms with van der Waals surface area (Å²) in [5.74, 6) is 0.0542. The molecule has 4 rings (SSSR count). The normalized spacial score (nSPS) is 22.4. The van der Waals surface area contributed by atoms with Crippen molar-refractivity contribution < 1.29 is 9.53 Å². The molecule has 1 unspecified atom stereocenters. The summed E-state index contributed by atoms with van der Waals surface area (Å²) in [6.07, 6.45) is 8.60. The predicted molar refractivity (Wildman–Crippen MR) is 109 cm³/mol. The van der Waals surface area contributed by atoms with Gasteiger partial charge in [0, 0.05) is 18.5 Å². The second-order valence-corrected chi connectivity index (χ2v) is 7.47. The van der Waals surface area contributed by atoms with Crippen molar-refractivity contribution in [3.05, 3.63) is 77.4 Å². The average molecular weight is 361 g/mol. The molecule has 0 aromatic heterocycles. The highest BCUT2D eigenvalue weighted by Gasteiger charge is 2.43. The summed E-state index contributed by atoms with van der Waals surface area (Å²) in [5.41, 5.74) is 1.84. The molecule has 2 aromatic rings. The third kappa shape index (κ3) is 3.76. The molecule has 2 aromatic carbocycles. The lowest BCUT2D eigenvalue weighted by Crippen LogP contribution is -2.43. The molecule has 1 heterocycles. The van der Waals surface area contributed by atoms with E-state index in [1.54, 1.807) is 0 Å². The van der Waals surface area contributed by atoms with Crippen LogP contribution in [0.25, 0.3) is 6.08 Å². The highest BCUT2D eigenvalue weighted by atomic mass is 16.5. The Morgan fingerprint density at radius 2 is 1.70 bits per heavy atom. The van der Waals surface area contributed by atoms with Gasteiger partial charge in [-0.05, 0) is 37.1 Å². The van der Waals surface area contributed by atoms with Crippen LogP contribution in [0.15, 0.2) is 60.7 Å². The molecule has 0 N–H and O–H groups in total. The molecule has 0 radical (unpaired) electrons. The molecule has 3 nitrogen and oxygen atoms in total. The molecule has 0 saturated carbocycles. The molecule has 27 heavy (non-hydrogen) atoms. The van der Waals surface area contributed by atoms with Crippen molar-refractivity contribution in [1.29, 1.82) is 0 Å². The SMILES string of the molecule is O=C(c1ccccc1)C1(OCCN2CCCCC2)CC=Cc2ccccc21. The number of Topliss-reactive ketones (excluding diaryl/α,β-unsaturated/α-hetero) is 1. The van der Waals surface area contributed by atoms with E-state index in [0.717, 1.165) is 30.8 Å². The fraction of sp³-hybridized carbons (Fsp3) is 0.375. The smallest absolute Gasteiger partial charge is 0.199 e. The van der Waals surface area contributed by atoms with Gasteiger partial charge in [-0.25, -0.2) is 0 Å². The van der Waals surface area contributed by atoms with Crippen molar-refractivity contribution in [3.63, 3.8) is 0 Å². The highest BCUT2D eigenvalue weighted by molar-refractivity contribution is 6.04. The van der Waals surface area contributed by atoms with Gasteiger partial charge < -0.3 is 9.64 Å². The van der Waals surface area contributed by atoms with Crippen LogP contribution in [0, 0.1) is 0 Å². The topological polar surface area (TPSA) is 29.5 Å². The number of likely N-dealkylation sites (tertiary alicyclic amines) is 1. The molecular formula is C24H27NO2. The van der Waals surface area contributed by atoms with Crippen molar-refractivity contribution in [2.45, 2.75) is 31.3 Å². The van der Waals surface area contributed by atoms with Crippen LogP contribution in [0.3, 0.4) is 0 Å². The number of hydrogen-bond acceptors (Lipinski definition) is 3. The molecule has 1 aliphatic heterocycles. The Bertz CT molecular complexity index is 808. The number of rotatable bonds is 6. The van der Waals surface area contributed by atoms with Crippen molar-refractivity contribution in [2.24, 2.45) is 0 Å². The van der Waals surface area contributed by atoms with Crippen molar-refractivity contribution in [2.75, 3.05) is 26.2 Å². The first-order chi connectivity index (χ1) is 13.3. The summed E-state index contributed by atoms with van der Waals surface area (Å²) < 4.78 is 6.47. The Kier molecular flexibility index (Phi) is 5.51. The van der Waals surface area contributed by atoms with Crippen LogP contribution >= 0.6 is 0 Å². The minimum atomic E-state index is -0.928. The zero-order valence-corrected chi connectivity index (χ0v) is 15.8. The Morgan fingerprint density at radius 3 is 2.52 bits per heavy atom.